The average Bonchev–Trinajstić information content (AvgIpc) is 3.20. The zero-order chi connectivity index (χ0) is 21.1. The Bertz CT molecular complexity index is 1110. The van der Waals surface area contributed by atoms with Crippen LogP contribution in [0.15, 0.2) is 58.1 Å². The lowest BCUT2D eigenvalue weighted by Gasteiger charge is -2.20. The molecule has 4 rings (SSSR count). The molecule has 0 atom stereocenters. The number of rotatable bonds is 6. The van der Waals surface area contributed by atoms with E-state index in [9.17, 15) is 9.18 Å². The van der Waals surface area contributed by atoms with Crippen molar-refractivity contribution in [3.8, 4) is 11.5 Å². The molecule has 9 heteroatoms. The molecule has 0 bridgehead atoms. The van der Waals surface area contributed by atoms with Crippen LogP contribution in [-0.2, 0) is 11.4 Å². The molecule has 2 aliphatic rings. The van der Waals surface area contributed by atoms with Crippen LogP contribution in [0, 0.1) is 11.2 Å². The fourth-order valence-corrected chi connectivity index (χ4v) is 3.49. The Morgan fingerprint density at radius 2 is 2.03 bits per heavy atom. The molecule has 7 nitrogen and oxygen atoms in total. The fraction of sp³-hybridized carbons (Fsp3) is 0.143. The summed E-state index contributed by atoms with van der Waals surface area (Å²) in [6.07, 6.45) is 1.56. The summed E-state index contributed by atoms with van der Waals surface area (Å²) in [7, 11) is 0. The number of hydrazone groups is 1. The van der Waals surface area contributed by atoms with E-state index in [1.165, 1.54) is 28.4 Å². The van der Waals surface area contributed by atoms with Gasteiger partial charge < -0.3 is 9.47 Å². The number of benzene rings is 2. The Morgan fingerprint density at radius 3 is 2.83 bits per heavy atom. The third-order valence-electron chi connectivity index (χ3n) is 4.32. The van der Waals surface area contributed by atoms with E-state index in [0.717, 1.165) is 0 Å². The zero-order valence-electron chi connectivity index (χ0n) is 16.0. The first-order valence-electron chi connectivity index (χ1n) is 9.12. The van der Waals surface area contributed by atoms with E-state index in [-0.39, 0.29) is 23.8 Å². The van der Waals surface area contributed by atoms with Crippen LogP contribution >= 0.6 is 11.8 Å². The van der Waals surface area contributed by atoms with Crippen LogP contribution in [0.2, 0.25) is 0 Å². The summed E-state index contributed by atoms with van der Waals surface area (Å²) in [5.74, 6) is 0.0324. The number of hydrogen-bond donors (Lipinski definition) is 1. The van der Waals surface area contributed by atoms with Gasteiger partial charge in [0.05, 0.1) is 17.7 Å². The molecule has 2 heterocycles. The van der Waals surface area contributed by atoms with Gasteiger partial charge in [0.1, 0.15) is 12.4 Å². The van der Waals surface area contributed by atoms with Crippen LogP contribution < -0.4 is 9.47 Å². The van der Waals surface area contributed by atoms with Crippen LogP contribution in [0.25, 0.3) is 6.08 Å². The Balaban J connectivity index is 1.59. The van der Waals surface area contributed by atoms with E-state index in [1.54, 1.807) is 42.5 Å². The van der Waals surface area contributed by atoms with E-state index in [4.69, 9.17) is 14.9 Å². The molecule has 2 aromatic rings. The number of thioether (sulfide) groups is 1. The lowest BCUT2D eigenvalue weighted by molar-refractivity contribution is -0.114. The number of nitrogens with one attached hydrogen (secondary N) is 1. The molecule has 152 valence electrons. The van der Waals surface area contributed by atoms with Crippen molar-refractivity contribution in [2.75, 3.05) is 6.61 Å². The van der Waals surface area contributed by atoms with Crippen LogP contribution in [0.5, 0.6) is 11.5 Å². The normalized spacial score (nSPS) is 16.7. The van der Waals surface area contributed by atoms with E-state index in [2.05, 4.69) is 10.1 Å². The average molecular weight is 424 g/mol. The zero-order valence-corrected chi connectivity index (χ0v) is 16.8. The maximum atomic E-state index is 13.8. The third-order valence-corrected chi connectivity index (χ3v) is 4.99. The first-order chi connectivity index (χ1) is 14.6. The Kier molecular flexibility index (Phi) is 5.62. The molecule has 0 saturated heterocycles. The van der Waals surface area contributed by atoms with Crippen molar-refractivity contribution in [3.63, 3.8) is 0 Å². The van der Waals surface area contributed by atoms with Gasteiger partial charge in [-0.15, -0.1) is 0 Å². The van der Waals surface area contributed by atoms with E-state index in [0.29, 0.717) is 34.4 Å². The van der Waals surface area contributed by atoms with E-state index < -0.39 is 5.91 Å². The molecule has 0 fully saturated rings. The van der Waals surface area contributed by atoms with Crippen LogP contribution in [0.4, 0.5) is 4.39 Å². The number of carbonyl (C=O) groups is 1. The van der Waals surface area contributed by atoms with Gasteiger partial charge in [-0.05, 0) is 48.5 Å². The quantitative estimate of drug-likeness (QED) is 0.707. The van der Waals surface area contributed by atoms with Crippen molar-refractivity contribution in [2.45, 2.75) is 13.5 Å². The number of aliphatic imine (C=N–C) groups is 1. The first-order valence-corrected chi connectivity index (χ1v) is 10.0. The predicted octanol–water partition coefficient (Wildman–Crippen LogP) is 4.05. The molecule has 0 unspecified atom stereocenters. The van der Waals surface area contributed by atoms with Crippen molar-refractivity contribution in [1.29, 1.82) is 5.41 Å². The second-order valence-electron chi connectivity index (χ2n) is 6.28. The first kappa shape index (κ1) is 19.8. The van der Waals surface area contributed by atoms with Gasteiger partial charge in [-0.2, -0.15) is 15.1 Å². The fourth-order valence-electron chi connectivity index (χ4n) is 2.88. The summed E-state index contributed by atoms with van der Waals surface area (Å²) in [6, 6.07) is 11.5. The monoisotopic (exact) mass is 424 g/mol. The standard InChI is InChI=1S/C21H17FN4O3S/c1-2-28-18-10-13(7-8-17(18)29-11-14-5-3-4-6-16(14)22)9-15-19(23)26-21(25-20(15)27)30-12-24-26/h3-10,12,23H,2,11H2,1H3. The lowest BCUT2D eigenvalue weighted by atomic mass is 10.1. The van der Waals surface area contributed by atoms with Crippen molar-refractivity contribution < 1.29 is 18.7 Å². The number of nitrogens with zero attached hydrogens (tertiary/aromatic N) is 3. The Hall–Kier alpha value is -3.46. The maximum Gasteiger partial charge on any atom is 0.283 e. The summed E-state index contributed by atoms with van der Waals surface area (Å²) < 4.78 is 25.2. The molecule has 0 saturated carbocycles. The summed E-state index contributed by atoms with van der Waals surface area (Å²) in [5.41, 5.74) is 2.73. The minimum atomic E-state index is -0.498. The maximum absolute atomic E-state index is 13.8. The highest BCUT2D eigenvalue weighted by atomic mass is 32.2. The molecule has 0 spiro atoms. The molecule has 0 radical (unpaired) electrons. The van der Waals surface area contributed by atoms with Gasteiger partial charge in [0.2, 0.25) is 0 Å². The Labute approximate surface area is 176 Å². The predicted molar refractivity (Wildman–Crippen MR) is 114 cm³/mol. The third kappa shape index (κ3) is 3.97. The molecule has 0 aliphatic carbocycles. The van der Waals surface area contributed by atoms with Crippen LogP contribution in [-0.4, -0.2) is 34.1 Å². The SMILES string of the molecule is CCOc1cc(C=C2C(=N)N3N=CSC3=NC2=O)ccc1OCc1ccccc1F. The highest BCUT2D eigenvalue weighted by Gasteiger charge is 2.32. The van der Waals surface area contributed by atoms with Gasteiger partial charge in [0.15, 0.2) is 22.5 Å². The molecule has 1 N–H and O–H groups in total. The number of amidine groups is 2. The van der Waals surface area contributed by atoms with Crippen molar-refractivity contribution in [2.24, 2.45) is 10.1 Å². The molecule has 2 aliphatic heterocycles. The number of amides is 1. The largest absolute Gasteiger partial charge is 0.490 e. The van der Waals surface area contributed by atoms with Crippen molar-refractivity contribution in [1.82, 2.24) is 5.01 Å². The second kappa shape index (κ2) is 8.50. The summed E-state index contributed by atoms with van der Waals surface area (Å²) in [4.78, 5) is 16.3. The Morgan fingerprint density at radius 1 is 1.20 bits per heavy atom. The molecule has 1 amide bonds. The number of fused-ring (bicyclic) bond motifs is 1. The van der Waals surface area contributed by atoms with Gasteiger partial charge in [-0.3, -0.25) is 10.2 Å². The van der Waals surface area contributed by atoms with Crippen molar-refractivity contribution >= 4 is 40.3 Å². The molecule has 30 heavy (non-hydrogen) atoms. The van der Waals surface area contributed by atoms with Crippen LogP contribution in [0.3, 0.4) is 0 Å². The molecule has 0 aromatic heterocycles. The highest BCUT2D eigenvalue weighted by Crippen LogP contribution is 2.31. The molecular weight excluding hydrogens is 407 g/mol. The minimum Gasteiger partial charge on any atom is -0.490 e. The van der Waals surface area contributed by atoms with Crippen molar-refractivity contribution in [3.05, 3.63) is 65.0 Å². The number of carbonyl (C=O) groups excluding carboxylic acids is 1. The second-order valence-corrected chi connectivity index (χ2v) is 7.09. The molecule has 2 aromatic carbocycles. The number of hydrogen-bond acceptors (Lipinski definition) is 6. The number of halogens is 1. The van der Waals surface area contributed by atoms with Crippen LogP contribution in [0.1, 0.15) is 18.1 Å². The van der Waals surface area contributed by atoms with Gasteiger partial charge in [0, 0.05) is 5.56 Å². The minimum absolute atomic E-state index is 0.0379. The summed E-state index contributed by atoms with van der Waals surface area (Å²) >= 11 is 1.19. The highest BCUT2D eigenvalue weighted by molar-refractivity contribution is 8.25. The lowest BCUT2D eigenvalue weighted by Crippen LogP contribution is -2.35. The van der Waals surface area contributed by atoms with Gasteiger partial charge in [-0.1, -0.05) is 24.3 Å². The van der Waals surface area contributed by atoms with Gasteiger partial charge in [-0.25, -0.2) is 4.39 Å². The van der Waals surface area contributed by atoms with E-state index >= 15 is 0 Å². The van der Waals surface area contributed by atoms with Gasteiger partial charge in [0.25, 0.3) is 5.91 Å². The number of ether oxygens (including phenoxy) is 2. The topological polar surface area (TPSA) is 87.3 Å². The van der Waals surface area contributed by atoms with E-state index in [1.807, 2.05) is 6.92 Å². The van der Waals surface area contributed by atoms with Gasteiger partial charge >= 0.3 is 0 Å². The smallest absolute Gasteiger partial charge is 0.283 e. The summed E-state index contributed by atoms with van der Waals surface area (Å²) in [6.45, 7) is 2.29. The summed E-state index contributed by atoms with van der Waals surface area (Å²) in [5, 5.41) is 14.0. The molecular formula is C21H17FN4O3S.